The molecule has 3 atom stereocenters. The summed E-state index contributed by atoms with van der Waals surface area (Å²) in [5.41, 5.74) is 0. The zero-order valence-corrected chi connectivity index (χ0v) is 49.2. The summed E-state index contributed by atoms with van der Waals surface area (Å²) in [6.45, 7) is 4.68. The van der Waals surface area contributed by atoms with Crippen molar-refractivity contribution in [3.05, 3.63) is 24.3 Å². The molecule has 0 aliphatic carbocycles. The Hall–Kier alpha value is -2.04. The summed E-state index contributed by atoms with van der Waals surface area (Å²) in [5.74, 6) is -1.45. The van der Waals surface area contributed by atoms with E-state index < -0.39 is 57.8 Å². The number of allylic oxidation sites excluding steroid dienone is 4. The zero-order chi connectivity index (χ0) is 54.1. The van der Waals surface area contributed by atoms with Crippen LogP contribution in [0.25, 0.3) is 0 Å². The molecule has 0 aliphatic rings. The van der Waals surface area contributed by atoms with Crippen LogP contribution >= 0.6 is 7.82 Å². The van der Waals surface area contributed by atoms with Gasteiger partial charge < -0.3 is 24.2 Å². The van der Waals surface area contributed by atoms with E-state index in [9.17, 15) is 28.9 Å². The maximum atomic E-state index is 12.9. The fourth-order valence-corrected chi connectivity index (χ4v) is 9.88. The van der Waals surface area contributed by atoms with E-state index in [4.69, 9.17) is 23.3 Å². The molecule has 3 unspecified atom stereocenters. The van der Waals surface area contributed by atoms with Gasteiger partial charge in [0, 0.05) is 19.3 Å². The average molecular weight is 1070 g/mol. The second kappa shape index (κ2) is 57.1. The van der Waals surface area contributed by atoms with Crippen molar-refractivity contribution in [1.29, 1.82) is 0 Å². The number of ether oxygens (including phenoxy) is 3. The molecule has 0 amide bonds. The van der Waals surface area contributed by atoms with Gasteiger partial charge in [-0.3, -0.25) is 23.4 Å². The Balaban J connectivity index is 4.66. The first-order valence-corrected chi connectivity index (χ1v) is 32.7. The third kappa shape index (κ3) is 54.7. The van der Waals surface area contributed by atoms with Crippen molar-refractivity contribution >= 4 is 25.7 Å². The Morgan fingerprint density at radius 1 is 0.378 bits per heavy atom. The Bertz CT molecular complexity index is 1340. The number of aliphatic hydroxyl groups is 1. The minimum Gasteiger partial charge on any atom is -0.462 e. The molecule has 436 valence electrons. The van der Waals surface area contributed by atoms with Crippen molar-refractivity contribution in [2.24, 2.45) is 0 Å². The lowest BCUT2D eigenvalue weighted by Gasteiger charge is -2.21. The van der Waals surface area contributed by atoms with Gasteiger partial charge in [-0.15, -0.1) is 0 Å². The second-order valence-electron chi connectivity index (χ2n) is 21.2. The predicted octanol–water partition coefficient (Wildman–Crippen LogP) is 18.6. The monoisotopic (exact) mass is 1070 g/mol. The number of carbonyl (C=O) groups excluding carboxylic acids is 3. The molecule has 0 aromatic rings. The molecule has 0 spiro atoms. The van der Waals surface area contributed by atoms with E-state index in [1.807, 2.05) is 0 Å². The normalized spacial score (nSPS) is 13.4. The largest absolute Gasteiger partial charge is 0.472 e. The van der Waals surface area contributed by atoms with E-state index in [1.54, 1.807) is 0 Å². The summed E-state index contributed by atoms with van der Waals surface area (Å²) in [7, 11) is -4.75. The molecule has 0 fully saturated rings. The van der Waals surface area contributed by atoms with E-state index in [2.05, 4.69) is 45.1 Å². The SMILES string of the molecule is CCCCC/C=C\C/C=C\CCCCCCCC(=O)OC(COC(=O)CCCCCCCCCCCCCCCCCCC)COP(=O)(O)OCC(CO)OC(=O)CCCCCCCCCCCCCCCCC. The number of phosphoric acid groups is 1. The third-order valence-electron chi connectivity index (χ3n) is 13.9. The fraction of sp³-hybridized carbons (Fsp3) is 0.887. The van der Waals surface area contributed by atoms with Crippen molar-refractivity contribution in [3.63, 3.8) is 0 Å². The molecule has 11 nitrogen and oxygen atoms in total. The number of aliphatic hydroxyl groups excluding tert-OH is 1. The quantitative estimate of drug-likeness (QED) is 0.0197. The predicted molar refractivity (Wildman–Crippen MR) is 307 cm³/mol. The van der Waals surface area contributed by atoms with Gasteiger partial charge in [0.1, 0.15) is 12.7 Å². The Labute approximate surface area is 455 Å². The van der Waals surface area contributed by atoms with E-state index in [0.29, 0.717) is 19.3 Å². The van der Waals surface area contributed by atoms with E-state index >= 15 is 0 Å². The number of rotatable bonds is 59. The highest BCUT2D eigenvalue weighted by Crippen LogP contribution is 2.43. The van der Waals surface area contributed by atoms with E-state index in [-0.39, 0.29) is 25.9 Å². The van der Waals surface area contributed by atoms with Crippen LogP contribution < -0.4 is 0 Å². The summed E-state index contributed by atoms with van der Waals surface area (Å²) in [6.07, 6.45) is 58.4. The van der Waals surface area contributed by atoms with Crippen LogP contribution in [-0.2, 0) is 42.2 Å². The lowest BCUT2D eigenvalue weighted by Crippen LogP contribution is -2.30. The minimum absolute atomic E-state index is 0.157. The first-order valence-electron chi connectivity index (χ1n) is 31.2. The van der Waals surface area contributed by atoms with Crippen molar-refractivity contribution in [2.75, 3.05) is 26.4 Å². The van der Waals surface area contributed by atoms with Gasteiger partial charge >= 0.3 is 25.7 Å². The Kier molecular flexibility index (Phi) is 55.6. The standard InChI is InChI=1S/C62H117O11P/c1-4-7-10-13-16-19-22-25-28-29-32-33-36-39-42-45-48-51-60(64)69-55-59(73-62(66)53-50-47-44-41-38-35-31-27-24-21-18-15-12-9-6-3)57-71-74(67,68)70-56-58(54-63)72-61(65)52-49-46-43-40-37-34-30-26-23-20-17-14-11-8-5-2/h18,21,27,31,58-59,63H,4-17,19-20,22-26,28-30,32-57H2,1-3H3,(H,67,68)/b21-18-,31-27-. The summed E-state index contributed by atoms with van der Waals surface area (Å²) in [4.78, 5) is 48.6. The Morgan fingerprint density at radius 2 is 0.662 bits per heavy atom. The van der Waals surface area contributed by atoms with Gasteiger partial charge in [0.2, 0.25) is 0 Å². The molecule has 0 saturated heterocycles. The Morgan fingerprint density at radius 3 is 1.03 bits per heavy atom. The molecular weight excluding hydrogens is 952 g/mol. The minimum atomic E-state index is -4.75. The number of hydrogen-bond acceptors (Lipinski definition) is 10. The molecule has 12 heteroatoms. The molecule has 0 aliphatic heterocycles. The first kappa shape index (κ1) is 72.0. The summed E-state index contributed by atoms with van der Waals surface area (Å²) in [5, 5.41) is 9.83. The van der Waals surface area contributed by atoms with Crippen molar-refractivity contribution in [3.8, 4) is 0 Å². The molecule has 0 rings (SSSR count). The molecule has 0 bridgehead atoms. The molecule has 0 radical (unpaired) electrons. The van der Waals surface area contributed by atoms with Gasteiger partial charge in [0.05, 0.1) is 19.8 Å². The molecule has 74 heavy (non-hydrogen) atoms. The van der Waals surface area contributed by atoms with Gasteiger partial charge in [-0.1, -0.05) is 270 Å². The van der Waals surface area contributed by atoms with Crippen molar-refractivity contribution in [2.45, 2.75) is 328 Å². The number of carbonyl (C=O) groups is 3. The summed E-state index contributed by atoms with van der Waals surface area (Å²) < 4.78 is 39.6. The number of hydrogen-bond donors (Lipinski definition) is 2. The zero-order valence-electron chi connectivity index (χ0n) is 48.3. The van der Waals surface area contributed by atoms with Gasteiger partial charge in [0.25, 0.3) is 0 Å². The maximum absolute atomic E-state index is 12.9. The number of esters is 3. The molecule has 0 aromatic heterocycles. The summed E-state index contributed by atoms with van der Waals surface area (Å²) in [6, 6.07) is 0. The van der Waals surface area contributed by atoms with E-state index in [1.165, 1.54) is 173 Å². The average Bonchev–Trinajstić information content (AvgIpc) is 3.39. The lowest BCUT2D eigenvalue weighted by molar-refractivity contribution is -0.161. The fourth-order valence-electron chi connectivity index (χ4n) is 9.10. The highest BCUT2D eigenvalue weighted by Gasteiger charge is 2.28. The van der Waals surface area contributed by atoms with Crippen LogP contribution in [0.5, 0.6) is 0 Å². The number of phosphoric ester groups is 1. The van der Waals surface area contributed by atoms with Crippen LogP contribution in [0, 0.1) is 0 Å². The highest BCUT2D eigenvalue weighted by atomic mass is 31.2. The van der Waals surface area contributed by atoms with Crippen LogP contribution in [-0.4, -0.2) is 66.5 Å². The molecule has 0 saturated carbocycles. The molecule has 2 N–H and O–H groups in total. The van der Waals surface area contributed by atoms with Crippen LogP contribution in [0.3, 0.4) is 0 Å². The van der Waals surface area contributed by atoms with E-state index in [0.717, 1.165) is 83.5 Å². The van der Waals surface area contributed by atoms with Gasteiger partial charge in [-0.25, -0.2) is 4.57 Å². The third-order valence-corrected chi connectivity index (χ3v) is 14.8. The van der Waals surface area contributed by atoms with Crippen LogP contribution in [0.15, 0.2) is 24.3 Å². The molecular formula is C62H117O11P. The second-order valence-corrected chi connectivity index (χ2v) is 22.7. The topological polar surface area (TPSA) is 155 Å². The highest BCUT2D eigenvalue weighted by molar-refractivity contribution is 7.47. The van der Waals surface area contributed by atoms with Gasteiger partial charge in [-0.05, 0) is 51.4 Å². The first-order chi connectivity index (χ1) is 36.2. The van der Waals surface area contributed by atoms with Gasteiger partial charge in [-0.2, -0.15) is 0 Å². The molecule has 0 aromatic carbocycles. The maximum Gasteiger partial charge on any atom is 0.472 e. The van der Waals surface area contributed by atoms with Crippen LogP contribution in [0.2, 0.25) is 0 Å². The van der Waals surface area contributed by atoms with Crippen LogP contribution in [0.4, 0.5) is 0 Å². The smallest absolute Gasteiger partial charge is 0.462 e. The van der Waals surface area contributed by atoms with Crippen molar-refractivity contribution < 1.29 is 52.2 Å². The van der Waals surface area contributed by atoms with Crippen LogP contribution in [0.1, 0.15) is 316 Å². The van der Waals surface area contributed by atoms with Gasteiger partial charge in [0.15, 0.2) is 6.10 Å². The lowest BCUT2D eigenvalue weighted by atomic mass is 10.0. The number of unbranched alkanes of at least 4 members (excludes halogenated alkanes) is 38. The summed E-state index contributed by atoms with van der Waals surface area (Å²) >= 11 is 0. The molecule has 0 heterocycles. The van der Waals surface area contributed by atoms with Crippen molar-refractivity contribution in [1.82, 2.24) is 0 Å².